The molecular formula is C14H18ClFN2S. The molecule has 0 aromatic heterocycles. The van der Waals surface area contributed by atoms with Crippen molar-refractivity contribution in [2.75, 3.05) is 5.32 Å². The monoisotopic (exact) mass is 300 g/mol. The number of nitrogens with one attached hydrogen (secondary N) is 2. The zero-order chi connectivity index (χ0) is 13.8. The van der Waals surface area contributed by atoms with E-state index in [2.05, 4.69) is 17.6 Å². The summed E-state index contributed by atoms with van der Waals surface area (Å²) >= 11 is 11.0. The van der Waals surface area contributed by atoms with Crippen LogP contribution < -0.4 is 10.6 Å². The van der Waals surface area contributed by atoms with Crippen molar-refractivity contribution in [2.24, 2.45) is 5.92 Å². The second-order valence-corrected chi connectivity index (χ2v) is 5.94. The highest BCUT2D eigenvalue weighted by atomic mass is 35.5. The van der Waals surface area contributed by atoms with E-state index in [9.17, 15) is 4.39 Å². The summed E-state index contributed by atoms with van der Waals surface area (Å²) in [5.74, 6) is 0.205. The Morgan fingerprint density at radius 2 is 2.11 bits per heavy atom. The minimum atomic E-state index is -0.395. The van der Waals surface area contributed by atoms with Crippen LogP contribution in [0.25, 0.3) is 0 Å². The summed E-state index contributed by atoms with van der Waals surface area (Å²) in [5.41, 5.74) is 0.352. The fourth-order valence-corrected chi connectivity index (χ4v) is 2.87. The smallest absolute Gasteiger partial charge is 0.171 e. The van der Waals surface area contributed by atoms with Crippen molar-refractivity contribution in [3.63, 3.8) is 0 Å². The molecule has 2 rings (SSSR count). The van der Waals surface area contributed by atoms with Gasteiger partial charge in [-0.15, -0.1) is 0 Å². The van der Waals surface area contributed by atoms with Gasteiger partial charge >= 0.3 is 0 Å². The number of anilines is 1. The average molecular weight is 301 g/mol. The van der Waals surface area contributed by atoms with E-state index in [0.29, 0.717) is 27.8 Å². The molecule has 1 saturated carbocycles. The Bertz CT molecular complexity index is 467. The standard InChI is InChI=1S/C14H18ClFN2S/c1-9-4-2-3-5-12(9)17-14(19)18-13-7-6-10(15)8-11(13)16/h6-9,12H,2-5H2,1H3,(H2,17,18,19)/t9-,12+/m0/s1. The number of halogens is 2. The summed E-state index contributed by atoms with van der Waals surface area (Å²) < 4.78 is 13.6. The Labute approximate surface area is 123 Å². The molecule has 5 heteroatoms. The third-order valence-corrected chi connectivity index (χ3v) is 4.06. The summed E-state index contributed by atoms with van der Waals surface area (Å²) in [5, 5.41) is 7.02. The molecule has 19 heavy (non-hydrogen) atoms. The van der Waals surface area contributed by atoms with Crippen LogP contribution in [0.15, 0.2) is 18.2 Å². The molecule has 2 N–H and O–H groups in total. The predicted molar refractivity (Wildman–Crippen MR) is 82.2 cm³/mol. The van der Waals surface area contributed by atoms with Crippen LogP contribution in [0.5, 0.6) is 0 Å². The highest BCUT2D eigenvalue weighted by Crippen LogP contribution is 2.24. The van der Waals surface area contributed by atoms with Gasteiger partial charge in [-0.05, 0) is 49.2 Å². The predicted octanol–water partition coefficient (Wildman–Crippen LogP) is 4.34. The van der Waals surface area contributed by atoms with Crippen molar-refractivity contribution in [3.8, 4) is 0 Å². The molecule has 104 valence electrons. The quantitative estimate of drug-likeness (QED) is 0.794. The van der Waals surface area contributed by atoms with Gasteiger partial charge in [0, 0.05) is 11.1 Å². The molecule has 0 spiro atoms. The van der Waals surface area contributed by atoms with Crippen molar-refractivity contribution in [1.82, 2.24) is 5.32 Å². The van der Waals surface area contributed by atoms with E-state index >= 15 is 0 Å². The van der Waals surface area contributed by atoms with E-state index in [0.717, 1.165) is 6.42 Å². The third kappa shape index (κ3) is 4.05. The molecule has 1 aromatic rings. The molecule has 1 aliphatic rings. The van der Waals surface area contributed by atoms with Crippen LogP contribution in [0.3, 0.4) is 0 Å². The maximum Gasteiger partial charge on any atom is 0.171 e. The average Bonchev–Trinajstić information content (AvgIpc) is 2.36. The lowest BCUT2D eigenvalue weighted by Crippen LogP contribution is -2.43. The second-order valence-electron chi connectivity index (χ2n) is 5.09. The SMILES string of the molecule is C[C@H]1CCCC[C@H]1NC(=S)Nc1ccc(Cl)cc1F. The van der Waals surface area contributed by atoms with Crippen LogP contribution in [-0.2, 0) is 0 Å². The van der Waals surface area contributed by atoms with Gasteiger partial charge in [-0.2, -0.15) is 0 Å². The molecular weight excluding hydrogens is 283 g/mol. The first-order valence-corrected chi connectivity index (χ1v) is 7.37. The van der Waals surface area contributed by atoms with Crippen molar-refractivity contribution in [2.45, 2.75) is 38.6 Å². The number of benzene rings is 1. The van der Waals surface area contributed by atoms with Gasteiger partial charge in [0.2, 0.25) is 0 Å². The lowest BCUT2D eigenvalue weighted by Gasteiger charge is -2.30. The number of rotatable bonds is 2. The van der Waals surface area contributed by atoms with E-state index in [1.54, 1.807) is 12.1 Å². The molecule has 0 bridgehead atoms. The molecule has 0 heterocycles. The van der Waals surface area contributed by atoms with Gasteiger partial charge in [-0.25, -0.2) is 4.39 Å². The Kier molecular flexibility index (Phi) is 4.99. The van der Waals surface area contributed by atoms with E-state index in [1.165, 1.54) is 25.3 Å². The van der Waals surface area contributed by atoms with E-state index < -0.39 is 5.82 Å². The maximum absolute atomic E-state index is 13.6. The summed E-state index contributed by atoms with van der Waals surface area (Å²) in [6.07, 6.45) is 4.84. The molecule has 0 aliphatic heterocycles. The Hall–Kier alpha value is -0.870. The largest absolute Gasteiger partial charge is 0.359 e. The fraction of sp³-hybridized carbons (Fsp3) is 0.500. The lowest BCUT2D eigenvalue weighted by atomic mass is 9.86. The number of hydrogen-bond donors (Lipinski definition) is 2. The van der Waals surface area contributed by atoms with Gasteiger partial charge in [-0.3, -0.25) is 0 Å². The van der Waals surface area contributed by atoms with E-state index in [-0.39, 0.29) is 0 Å². The summed E-state index contributed by atoms with van der Waals surface area (Å²) in [6, 6.07) is 4.88. The van der Waals surface area contributed by atoms with Crippen LogP contribution in [0, 0.1) is 11.7 Å². The molecule has 1 fully saturated rings. The van der Waals surface area contributed by atoms with Gasteiger partial charge < -0.3 is 10.6 Å². The van der Waals surface area contributed by atoms with Crippen LogP contribution >= 0.6 is 23.8 Å². The van der Waals surface area contributed by atoms with Crippen LogP contribution in [0.1, 0.15) is 32.6 Å². The highest BCUT2D eigenvalue weighted by molar-refractivity contribution is 7.80. The van der Waals surface area contributed by atoms with E-state index in [4.69, 9.17) is 23.8 Å². The topological polar surface area (TPSA) is 24.1 Å². The molecule has 2 atom stereocenters. The summed E-state index contributed by atoms with van der Waals surface area (Å²) in [4.78, 5) is 0. The molecule has 2 nitrogen and oxygen atoms in total. The lowest BCUT2D eigenvalue weighted by molar-refractivity contribution is 0.309. The molecule has 1 aliphatic carbocycles. The van der Waals surface area contributed by atoms with Crippen LogP contribution in [0.4, 0.5) is 10.1 Å². The molecule has 0 radical (unpaired) electrons. The zero-order valence-corrected chi connectivity index (χ0v) is 12.5. The summed E-state index contributed by atoms with van der Waals surface area (Å²) in [7, 11) is 0. The first kappa shape index (κ1) is 14.5. The molecule has 0 amide bonds. The van der Waals surface area contributed by atoms with Gasteiger partial charge in [0.1, 0.15) is 5.82 Å². The first-order valence-electron chi connectivity index (χ1n) is 6.59. The Balaban J connectivity index is 1.93. The van der Waals surface area contributed by atoms with Crippen LogP contribution in [-0.4, -0.2) is 11.2 Å². The van der Waals surface area contributed by atoms with Crippen molar-refractivity contribution < 1.29 is 4.39 Å². The minimum Gasteiger partial charge on any atom is -0.359 e. The number of thiocarbonyl (C=S) groups is 1. The maximum atomic E-state index is 13.6. The van der Waals surface area contributed by atoms with Crippen LogP contribution in [0.2, 0.25) is 5.02 Å². The molecule has 1 aromatic carbocycles. The molecule has 0 saturated heterocycles. The van der Waals surface area contributed by atoms with E-state index in [1.807, 2.05) is 0 Å². The Morgan fingerprint density at radius 1 is 1.37 bits per heavy atom. The van der Waals surface area contributed by atoms with Gasteiger partial charge in [0.15, 0.2) is 5.11 Å². The minimum absolute atomic E-state index is 0.352. The Morgan fingerprint density at radius 3 is 2.79 bits per heavy atom. The highest BCUT2D eigenvalue weighted by Gasteiger charge is 2.21. The van der Waals surface area contributed by atoms with Gasteiger partial charge in [0.25, 0.3) is 0 Å². The number of hydrogen-bond acceptors (Lipinski definition) is 1. The van der Waals surface area contributed by atoms with Crippen molar-refractivity contribution >= 4 is 34.6 Å². The zero-order valence-electron chi connectivity index (χ0n) is 10.9. The van der Waals surface area contributed by atoms with Crippen molar-refractivity contribution in [1.29, 1.82) is 0 Å². The van der Waals surface area contributed by atoms with Gasteiger partial charge in [-0.1, -0.05) is 31.4 Å². The first-order chi connectivity index (χ1) is 9.06. The normalized spacial score (nSPS) is 22.9. The van der Waals surface area contributed by atoms with Crippen molar-refractivity contribution in [3.05, 3.63) is 29.0 Å². The molecule has 0 unspecified atom stereocenters. The summed E-state index contributed by atoms with van der Waals surface area (Å²) in [6.45, 7) is 2.22. The fourth-order valence-electron chi connectivity index (χ4n) is 2.45. The second kappa shape index (κ2) is 6.53. The third-order valence-electron chi connectivity index (χ3n) is 3.61. The van der Waals surface area contributed by atoms with Gasteiger partial charge in [0.05, 0.1) is 5.69 Å².